The Morgan fingerprint density at radius 1 is 0.933 bits per heavy atom. The number of piperidine rings is 1. The Kier molecular flexibility index (Phi) is 4.45. The molecule has 1 unspecified atom stereocenters. The van der Waals surface area contributed by atoms with Crippen LogP contribution in [0, 0.1) is 5.92 Å². The van der Waals surface area contributed by atoms with E-state index in [1.165, 1.54) is 64.5 Å². The van der Waals surface area contributed by atoms with Crippen LogP contribution in [0.4, 0.5) is 0 Å². The van der Waals surface area contributed by atoms with E-state index in [1.54, 1.807) is 0 Å². The molecule has 0 amide bonds. The lowest BCUT2D eigenvalue weighted by Crippen LogP contribution is -2.44. The van der Waals surface area contributed by atoms with Gasteiger partial charge in [0, 0.05) is 12.6 Å². The van der Waals surface area contributed by atoms with Crippen LogP contribution in [0.3, 0.4) is 0 Å². The van der Waals surface area contributed by atoms with Crippen molar-refractivity contribution in [1.29, 1.82) is 0 Å². The summed E-state index contributed by atoms with van der Waals surface area (Å²) in [6.45, 7) is 3.74. The van der Waals surface area contributed by atoms with Crippen molar-refractivity contribution in [2.45, 2.75) is 57.4 Å². The van der Waals surface area contributed by atoms with Crippen LogP contribution in [0.15, 0.2) is 0 Å². The highest BCUT2D eigenvalue weighted by Gasteiger charge is 2.22. The number of hydrogen-bond acceptors (Lipinski definition) is 2. The minimum atomic E-state index is 0.448. The molecule has 0 aromatic heterocycles. The molecule has 0 aromatic carbocycles. The number of nitrogens with zero attached hydrogens (tertiary/aromatic N) is 1. The molecular formula is C13H26N2. The Bertz CT molecular complexity index is 169. The Labute approximate surface area is 94.2 Å². The molecule has 1 saturated heterocycles. The maximum absolute atomic E-state index is 6.34. The Hall–Kier alpha value is -0.0800. The zero-order valence-electron chi connectivity index (χ0n) is 9.96. The fourth-order valence-corrected chi connectivity index (χ4v) is 3.15. The number of rotatable bonds is 3. The zero-order valence-corrected chi connectivity index (χ0v) is 9.96. The quantitative estimate of drug-likeness (QED) is 0.775. The van der Waals surface area contributed by atoms with Gasteiger partial charge in [0.25, 0.3) is 0 Å². The van der Waals surface area contributed by atoms with E-state index < -0.39 is 0 Å². The number of hydrogen-bond donors (Lipinski definition) is 1. The van der Waals surface area contributed by atoms with Gasteiger partial charge in [0.1, 0.15) is 0 Å². The molecule has 1 aliphatic heterocycles. The summed E-state index contributed by atoms with van der Waals surface area (Å²) in [5.41, 5.74) is 6.34. The summed E-state index contributed by atoms with van der Waals surface area (Å²) in [5.74, 6) is 0.820. The summed E-state index contributed by atoms with van der Waals surface area (Å²) >= 11 is 0. The highest BCUT2D eigenvalue weighted by atomic mass is 15.1. The second-order valence-electron chi connectivity index (χ2n) is 5.42. The highest BCUT2D eigenvalue weighted by Crippen LogP contribution is 2.26. The molecule has 1 aliphatic carbocycles. The third kappa shape index (κ3) is 3.46. The monoisotopic (exact) mass is 210 g/mol. The minimum absolute atomic E-state index is 0.448. The van der Waals surface area contributed by atoms with E-state index in [-0.39, 0.29) is 0 Å². The van der Waals surface area contributed by atoms with Crippen LogP contribution in [0.5, 0.6) is 0 Å². The average molecular weight is 210 g/mol. The van der Waals surface area contributed by atoms with Gasteiger partial charge in [-0.05, 0) is 44.7 Å². The van der Waals surface area contributed by atoms with Gasteiger partial charge in [-0.1, -0.05) is 25.7 Å². The predicted molar refractivity (Wildman–Crippen MR) is 64.8 cm³/mol. The van der Waals surface area contributed by atoms with Gasteiger partial charge in [-0.25, -0.2) is 0 Å². The average Bonchev–Trinajstić information content (AvgIpc) is 2.31. The van der Waals surface area contributed by atoms with Gasteiger partial charge in [-0.2, -0.15) is 0 Å². The van der Waals surface area contributed by atoms with Crippen molar-refractivity contribution in [2.75, 3.05) is 19.6 Å². The first-order valence-electron chi connectivity index (χ1n) is 6.84. The Morgan fingerprint density at radius 2 is 1.53 bits per heavy atom. The van der Waals surface area contributed by atoms with Crippen molar-refractivity contribution in [3.63, 3.8) is 0 Å². The smallest absolute Gasteiger partial charge is 0.0196 e. The van der Waals surface area contributed by atoms with Gasteiger partial charge < -0.3 is 10.6 Å². The molecule has 2 rings (SSSR count). The van der Waals surface area contributed by atoms with Crippen LogP contribution in [0.25, 0.3) is 0 Å². The molecule has 2 fully saturated rings. The summed E-state index contributed by atoms with van der Waals surface area (Å²) in [5, 5.41) is 0. The first-order chi connectivity index (χ1) is 7.36. The van der Waals surface area contributed by atoms with Gasteiger partial charge in [0.2, 0.25) is 0 Å². The van der Waals surface area contributed by atoms with Crippen LogP contribution in [0.1, 0.15) is 51.4 Å². The summed E-state index contributed by atoms with van der Waals surface area (Å²) in [6.07, 6.45) is 11.2. The fraction of sp³-hybridized carbons (Fsp3) is 1.00. The van der Waals surface area contributed by atoms with Crippen molar-refractivity contribution < 1.29 is 0 Å². The molecule has 2 aliphatic rings. The predicted octanol–water partition coefficient (Wildman–Crippen LogP) is 2.38. The first kappa shape index (κ1) is 11.4. The molecule has 1 saturated carbocycles. The number of likely N-dealkylation sites (tertiary alicyclic amines) is 1. The van der Waals surface area contributed by atoms with Crippen LogP contribution in [-0.4, -0.2) is 30.6 Å². The lowest BCUT2D eigenvalue weighted by Gasteiger charge is -2.33. The highest BCUT2D eigenvalue weighted by molar-refractivity contribution is 4.80. The summed E-state index contributed by atoms with van der Waals surface area (Å²) in [7, 11) is 0. The maximum Gasteiger partial charge on any atom is 0.0196 e. The van der Waals surface area contributed by atoms with Gasteiger partial charge in [0.05, 0.1) is 0 Å². The fourth-order valence-electron chi connectivity index (χ4n) is 3.15. The third-order valence-electron chi connectivity index (χ3n) is 4.17. The molecule has 88 valence electrons. The van der Waals surface area contributed by atoms with Crippen molar-refractivity contribution in [1.82, 2.24) is 4.90 Å². The van der Waals surface area contributed by atoms with E-state index in [4.69, 9.17) is 5.73 Å². The molecule has 1 heterocycles. The lowest BCUT2D eigenvalue weighted by atomic mass is 9.84. The van der Waals surface area contributed by atoms with Gasteiger partial charge >= 0.3 is 0 Å². The van der Waals surface area contributed by atoms with E-state index in [1.807, 2.05) is 0 Å². The summed E-state index contributed by atoms with van der Waals surface area (Å²) in [4.78, 5) is 2.59. The normalized spacial score (nSPS) is 27.8. The maximum atomic E-state index is 6.34. The summed E-state index contributed by atoms with van der Waals surface area (Å²) in [6, 6.07) is 0.448. The second-order valence-corrected chi connectivity index (χ2v) is 5.42. The van der Waals surface area contributed by atoms with Crippen molar-refractivity contribution in [3.8, 4) is 0 Å². The van der Waals surface area contributed by atoms with E-state index in [0.717, 1.165) is 12.5 Å². The van der Waals surface area contributed by atoms with Crippen molar-refractivity contribution >= 4 is 0 Å². The van der Waals surface area contributed by atoms with Crippen molar-refractivity contribution in [3.05, 3.63) is 0 Å². The van der Waals surface area contributed by atoms with Crippen LogP contribution < -0.4 is 5.73 Å². The van der Waals surface area contributed by atoms with Gasteiger partial charge in [0.15, 0.2) is 0 Å². The molecule has 0 radical (unpaired) electrons. The SMILES string of the molecule is NC(CN1CCCCC1)C1CCCCC1. The molecule has 0 bridgehead atoms. The van der Waals surface area contributed by atoms with E-state index in [9.17, 15) is 0 Å². The van der Waals surface area contributed by atoms with Gasteiger partial charge in [-0.3, -0.25) is 0 Å². The van der Waals surface area contributed by atoms with Crippen molar-refractivity contribution in [2.24, 2.45) is 11.7 Å². The molecule has 15 heavy (non-hydrogen) atoms. The molecule has 2 heteroatoms. The van der Waals surface area contributed by atoms with Crippen LogP contribution >= 0.6 is 0 Å². The summed E-state index contributed by atoms with van der Waals surface area (Å²) < 4.78 is 0. The molecule has 0 spiro atoms. The molecule has 2 nitrogen and oxygen atoms in total. The first-order valence-corrected chi connectivity index (χ1v) is 6.84. The van der Waals surface area contributed by atoms with E-state index in [2.05, 4.69) is 4.90 Å². The van der Waals surface area contributed by atoms with Crippen LogP contribution in [-0.2, 0) is 0 Å². The standard InChI is InChI=1S/C13H26N2/c14-13(12-7-3-1-4-8-12)11-15-9-5-2-6-10-15/h12-13H,1-11,14H2. The molecule has 0 aromatic rings. The third-order valence-corrected chi connectivity index (χ3v) is 4.17. The Morgan fingerprint density at radius 3 is 2.20 bits per heavy atom. The van der Waals surface area contributed by atoms with Crippen LogP contribution in [0.2, 0.25) is 0 Å². The topological polar surface area (TPSA) is 29.3 Å². The Balaban J connectivity index is 1.72. The van der Waals surface area contributed by atoms with Gasteiger partial charge in [-0.15, -0.1) is 0 Å². The second kappa shape index (κ2) is 5.86. The minimum Gasteiger partial charge on any atom is -0.326 e. The lowest BCUT2D eigenvalue weighted by molar-refractivity contribution is 0.181. The molecule has 2 N–H and O–H groups in total. The molecule has 1 atom stereocenters. The number of nitrogens with two attached hydrogens (primary N) is 1. The zero-order chi connectivity index (χ0) is 10.5. The van der Waals surface area contributed by atoms with E-state index >= 15 is 0 Å². The van der Waals surface area contributed by atoms with E-state index in [0.29, 0.717) is 6.04 Å². The molecular weight excluding hydrogens is 184 g/mol. The largest absolute Gasteiger partial charge is 0.326 e.